The fraction of sp³-hybridized carbons (Fsp3) is 0.300. The van der Waals surface area contributed by atoms with Crippen LogP contribution >= 0.6 is 0 Å². The van der Waals surface area contributed by atoms with Gasteiger partial charge in [0.1, 0.15) is 5.41 Å². The van der Waals surface area contributed by atoms with Crippen molar-refractivity contribution in [3.63, 3.8) is 0 Å². The van der Waals surface area contributed by atoms with Crippen LogP contribution in [0.2, 0.25) is 0 Å². The van der Waals surface area contributed by atoms with Crippen LogP contribution in [0.25, 0.3) is 0 Å². The van der Waals surface area contributed by atoms with Crippen LogP contribution < -0.4 is 0 Å². The predicted molar refractivity (Wildman–Crippen MR) is 49.4 cm³/mol. The van der Waals surface area contributed by atoms with Gasteiger partial charge in [-0.3, -0.25) is 9.78 Å². The highest BCUT2D eigenvalue weighted by atomic mass is 16.4. The number of aliphatic carboxylic acids is 1. The molecule has 0 amide bonds. The highest BCUT2D eigenvalue weighted by Crippen LogP contribution is 2.21. The molecule has 0 atom stereocenters. The molecule has 1 aromatic rings. The van der Waals surface area contributed by atoms with E-state index in [1.165, 1.54) is 0 Å². The summed E-state index contributed by atoms with van der Waals surface area (Å²) in [4.78, 5) is 14.9. The molecule has 0 aliphatic rings. The number of nitrogens with zero attached hydrogens (tertiary/aromatic N) is 1. The van der Waals surface area contributed by atoms with Gasteiger partial charge >= 0.3 is 5.97 Å². The predicted octanol–water partition coefficient (Wildman–Crippen LogP) is 1.63. The molecule has 0 saturated heterocycles. The number of carboxylic acids is 1. The van der Waals surface area contributed by atoms with Gasteiger partial charge < -0.3 is 5.11 Å². The second kappa shape index (κ2) is 3.17. The number of pyridine rings is 1. The van der Waals surface area contributed by atoms with Gasteiger partial charge in [0.15, 0.2) is 0 Å². The number of hydrogen-bond donors (Lipinski definition) is 1. The van der Waals surface area contributed by atoms with Gasteiger partial charge in [-0.2, -0.15) is 0 Å². The first-order valence-electron chi connectivity index (χ1n) is 3.96. The van der Waals surface area contributed by atoms with E-state index in [1.54, 1.807) is 32.2 Å². The van der Waals surface area contributed by atoms with Crippen molar-refractivity contribution in [3.05, 3.63) is 36.5 Å². The minimum absolute atomic E-state index is 0.535. The maximum absolute atomic E-state index is 10.9. The summed E-state index contributed by atoms with van der Waals surface area (Å²) in [5, 5.41) is 8.93. The van der Waals surface area contributed by atoms with E-state index in [1.807, 2.05) is 0 Å². The van der Waals surface area contributed by atoms with E-state index >= 15 is 0 Å². The fourth-order valence-electron chi connectivity index (χ4n) is 0.926. The van der Waals surface area contributed by atoms with Gasteiger partial charge in [0.25, 0.3) is 0 Å². The van der Waals surface area contributed by atoms with Crippen molar-refractivity contribution in [1.29, 1.82) is 0 Å². The van der Waals surface area contributed by atoms with Crippen LogP contribution in [0.3, 0.4) is 0 Å². The molecule has 0 unspecified atom stereocenters. The van der Waals surface area contributed by atoms with Gasteiger partial charge in [0.05, 0.1) is 5.69 Å². The number of carbonyl (C=O) groups is 1. The Balaban J connectivity index is 3.14. The van der Waals surface area contributed by atoms with Crippen molar-refractivity contribution in [2.24, 2.45) is 0 Å². The Hall–Kier alpha value is -1.38. The Morgan fingerprint density at radius 1 is 1.62 bits per heavy atom. The molecule has 13 heavy (non-hydrogen) atoms. The highest BCUT2D eigenvalue weighted by Gasteiger charge is 2.30. The van der Waals surface area contributed by atoms with Crippen LogP contribution in [0.5, 0.6) is 0 Å². The highest BCUT2D eigenvalue weighted by molar-refractivity contribution is 5.79. The topological polar surface area (TPSA) is 50.2 Å². The zero-order valence-electron chi connectivity index (χ0n) is 7.74. The zero-order chi connectivity index (χ0) is 10.1. The molecule has 3 heteroatoms. The first-order valence-corrected chi connectivity index (χ1v) is 3.96. The molecule has 1 aromatic heterocycles. The summed E-state index contributed by atoms with van der Waals surface area (Å²) >= 11 is 0. The summed E-state index contributed by atoms with van der Waals surface area (Å²) in [5.41, 5.74) is 0.361. The first-order chi connectivity index (χ1) is 5.94. The summed E-state index contributed by atoms with van der Waals surface area (Å²) in [5.74, 6) is -0.884. The monoisotopic (exact) mass is 178 g/mol. The molecule has 0 spiro atoms. The zero-order valence-corrected chi connectivity index (χ0v) is 7.74. The molecule has 1 heterocycles. The SMILES string of the molecule is [CH2]c1ccnc(C(C)(C)C(=O)O)c1. The average Bonchev–Trinajstić information content (AvgIpc) is 2.04. The third-order valence-corrected chi connectivity index (χ3v) is 2.00. The Kier molecular flexibility index (Phi) is 2.36. The molecule has 0 saturated carbocycles. The molecule has 0 fully saturated rings. The van der Waals surface area contributed by atoms with Crippen LogP contribution in [-0.2, 0) is 10.2 Å². The smallest absolute Gasteiger partial charge is 0.315 e. The molecular formula is C10H12NO2. The van der Waals surface area contributed by atoms with Crippen molar-refractivity contribution in [2.45, 2.75) is 19.3 Å². The van der Waals surface area contributed by atoms with Gasteiger partial charge in [0, 0.05) is 6.20 Å². The lowest BCUT2D eigenvalue weighted by Gasteiger charge is -2.18. The van der Waals surface area contributed by atoms with E-state index in [4.69, 9.17) is 5.11 Å². The lowest BCUT2D eigenvalue weighted by Crippen LogP contribution is -2.29. The average molecular weight is 178 g/mol. The molecule has 1 rings (SSSR count). The van der Waals surface area contributed by atoms with Crippen LogP contribution in [0, 0.1) is 6.92 Å². The van der Waals surface area contributed by atoms with Gasteiger partial charge in [-0.1, -0.05) is 0 Å². The fourth-order valence-corrected chi connectivity index (χ4v) is 0.926. The number of carboxylic acid groups (broad SMARTS) is 1. The van der Waals surface area contributed by atoms with E-state index in [-0.39, 0.29) is 0 Å². The van der Waals surface area contributed by atoms with Crippen LogP contribution in [0.4, 0.5) is 0 Å². The Labute approximate surface area is 77.4 Å². The molecule has 0 bridgehead atoms. The third kappa shape index (κ3) is 1.86. The van der Waals surface area contributed by atoms with E-state index in [2.05, 4.69) is 11.9 Å². The summed E-state index contributed by atoms with van der Waals surface area (Å²) in [6, 6.07) is 3.43. The van der Waals surface area contributed by atoms with Gasteiger partial charge in [-0.25, -0.2) is 0 Å². The molecule has 1 N–H and O–H groups in total. The van der Waals surface area contributed by atoms with Crippen molar-refractivity contribution in [3.8, 4) is 0 Å². The standard InChI is InChI=1S/C10H12NO2/c1-7-4-5-11-8(6-7)10(2,3)9(12)13/h4-6H,1H2,2-3H3,(H,12,13). The normalized spacial score (nSPS) is 11.3. The van der Waals surface area contributed by atoms with E-state index < -0.39 is 11.4 Å². The molecule has 0 aliphatic carbocycles. The van der Waals surface area contributed by atoms with Crippen molar-refractivity contribution >= 4 is 5.97 Å². The van der Waals surface area contributed by atoms with Crippen LogP contribution in [0.15, 0.2) is 18.3 Å². The largest absolute Gasteiger partial charge is 0.481 e. The molecule has 0 aromatic carbocycles. The van der Waals surface area contributed by atoms with Crippen molar-refractivity contribution < 1.29 is 9.90 Å². The Bertz CT molecular complexity index is 331. The number of rotatable bonds is 2. The van der Waals surface area contributed by atoms with Crippen LogP contribution in [-0.4, -0.2) is 16.1 Å². The summed E-state index contributed by atoms with van der Waals surface area (Å²) in [6.07, 6.45) is 1.57. The van der Waals surface area contributed by atoms with E-state index in [9.17, 15) is 4.79 Å². The van der Waals surface area contributed by atoms with E-state index in [0.29, 0.717) is 5.69 Å². The number of hydrogen-bond acceptors (Lipinski definition) is 2. The lowest BCUT2D eigenvalue weighted by molar-refractivity contribution is -0.142. The van der Waals surface area contributed by atoms with Gasteiger partial charge in [-0.05, 0) is 38.5 Å². The van der Waals surface area contributed by atoms with E-state index in [0.717, 1.165) is 5.56 Å². The minimum Gasteiger partial charge on any atom is -0.481 e. The second-order valence-corrected chi connectivity index (χ2v) is 3.48. The molecule has 3 nitrogen and oxygen atoms in total. The maximum Gasteiger partial charge on any atom is 0.315 e. The first kappa shape index (κ1) is 9.71. The number of aromatic nitrogens is 1. The molecule has 69 valence electrons. The summed E-state index contributed by atoms with van der Waals surface area (Å²) in [6.45, 7) is 6.97. The molecule has 0 aliphatic heterocycles. The summed E-state index contributed by atoms with van der Waals surface area (Å²) in [7, 11) is 0. The van der Waals surface area contributed by atoms with Gasteiger partial charge in [-0.15, -0.1) is 0 Å². The van der Waals surface area contributed by atoms with Crippen molar-refractivity contribution in [2.75, 3.05) is 0 Å². The molecule has 1 radical (unpaired) electrons. The Morgan fingerprint density at radius 2 is 2.23 bits per heavy atom. The summed E-state index contributed by atoms with van der Waals surface area (Å²) < 4.78 is 0. The lowest BCUT2D eigenvalue weighted by atomic mass is 9.88. The second-order valence-electron chi connectivity index (χ2n) is 3.48. The Morgan fingerprint density at radius 3 is 2.69 bits per heavy atom. The van der Waals surface area contributed by atoms with Gasteiger partial charge in [0.2, 0.25) is 0 Å². The maximum atomic E-state index is 10.9. The van der Waals surface area contributed by atoms with Crippen molar-refractivity contribution in [1.82, 2.24) is 4.98 Å². The molecular weight excluding hydrogens is 166 g/mol. The third-order valence-electron chi connectivity index (χ3n) is 2.00. The minimum atomic E-state index is -0.951. The van der Waals surface area contributed by atoms with Crippen LogP contribution in [0.1, 0.15) is 25.1 Å². The quantitative estimate of drug-likeness (QED) is 0.748.